The van der Waals surface area contributed by atoms with Gasteiger partial charge in [-0.1, -0.05) is 13.3 Å². The maximum absolute atomic E-state index is 13.0. The zero-order valence-electron chi connectivity index (χ0n) is 9.10. The van der Waals surface area contributed by atoms with Crippen LogP contribution in [0.3, 0.4) is 0 Å². The molecule has 0 unspecified atom stereocenters. The minimum absolute atomic E-state index is 0.140. The Morgan fingerprint density at radius 2 is 2.14 bits per heavy atom. The van der Waals surface area contributed by atoms with Crippen molar-refractivity contribution in [3.8, 4) is 0 Å². The third-order valence-corrected chi connectivity index (χ3v) is 2.29. The molecule has 0 saturated carbocycles. The number of rotatable bonds is 4. The first-order valence-corrected chi connectivity index (χ1v) is 5.16. The van der Waals surface area contributed by atoms with E-state index >= 15 is 0 Å². The molecule has 1 atom stereocenters. The van der Waals surface area contributed by atoms with Crippen LogP contribution in [0.1, 0.15) is 32.3 Å². The number of hydrogen-bond acceptors (Lipinski definition) is 1. The van der Waals surface area contributed by atoms with Gasteiger partial charge in [-0.25, -0.2) is 4.39 Å². The van der Waals surface area contributed by atoms with Crippen molar-refractivity contribution in [1.82, 2.24) is 0 Å². The zero-order chi connectivity index (χ0) is 10.6. The number of halogens is 1. The number of anilines is 1. The van der Waals surface area contributed by atoms with Gasteiger partial charge in [0.2, 0.25) is 0 Å². The summed E-state index contributed by atoms with van der Waals surface area (Å²) in [5.41, 5.74) is 1.70. The first-order valence-electron chi connectivity index (χ1n) is 5.16. The molecule has 0 aliphatic heterocycles. The van der Waals surface area contributed by atoms with Crippen LogP contribution < -0.4 is 5.32 Å². The van der Waals surface area contributed by atoms with Gasteiger partial charge in [-0.15, -0.1) is 0 Å². The first-order chi connectivity index (χ1) is 6.63. The van der Waals surface area contributed by atoms with Crippen molar-refractivity contribution in [3.05, 3.63) is 29.6 Å². The molecule has 2 heteroatoms. The van der Waals surface area contributed by atoms with E-state index in [9.17, 15) is 4.39 Å². The Labute approximate surface area is 85.3 Å². The maximum Gasteiger partial charge on any atom is 0.126 e. The van der Waals surface area contributed by atoms with Gasteiger partial charge < -0.3 is 5.32 Å². The SMILES string of the molecule is CCC[C@@H](C)Nc1ccc(F)c(C)c1. The molecule has 0 bridgehead atoms. The van der Waals surface area contributed by atoms with Gasteiger partial charge in [0.15, 0.2) is 0 Å². The van der Waals surface area contributed by atoms with E-state index in [0.717, 1.165) is 18.5 Å². The smallest absolute Gasteiger partial charge is 0.126 e. The van der Waals surface area contributed by atoms with Crippen LogP contribution in [0.15, 0.2) is 18.2 Å². The molecule has 0 heterocycles. The van der Waals surface area contributed by atoms with Gasteiger partial charge in [0.1, 0.15) is 5.82 Å². The summed E-state index contributed by atoms with van der Waals surface area (Å²) in [5, 5.41) is 3.34. The fourth-order valence-corrected chi connectivity index (χ4v) is 1.52. The second kappa shape index (κ2) is 4.99. The van der Waals surface area contributed by atoms with Crippen LogP contribution in [0.2, 0.25) is 0 Å². The first kappa shape index (κ1) is 11.0. The van der Waals surface area contributed by atoms with Crippen LogP contribution in [0.4, 0.5) is 10.1 Å². The number of benzene rings is 1. The van der Waals surface area contributed by atoms with Crippen molar-refractivity contribution in [1.29, 1.82) is 0 Å². The molecular formula is C12H18FN. The molecule has 0 saturated heterocycles. The third kappa shape index (κ3) is 3.02. The van der Waals surface area contributed by atoms with Gasteiger partial charge >= 0.3 is 0 Å². The highest BCUT2D eigenvalue weighted by Crippen LogP contribution is 2.15. The number of hydrogen-bond donors (Lipinski definition) is 1. The van der Waals surface area contributed by atoms with E-state index in [-0.39, 0.29) is 5.82 Å². The van der Waals surface area contributed by atoms with Gasteiger partial charge in [-0.3, -0.25) is 0 Å². The molecule has 1 N–H and O–H groups in total. The lowest BCUT2D eigenvalue weighted by molar-refractivity contribution is 0.618. The summed E-state index contributed by atoms with van der Waals surface area (Å²) >= 11 is 0. The van der Waals surface area contributed by atoms with Crippen LogP contribution in [-0.2, 0) is 0 Å². The molecule has 14 heavy (non-hydrogen) atoms. The van der Waals surface area contributed by atoms with Crippen molar-refractivity contribution in [3.63, 3.8) is 0 Å². The van der Waals surface area contributed by atoms with Crippen LogP contribution in [-0.4, -0.2) is 6.04 Å². The van der Waals surface area contributed by atoms with E-state index in [2.05, 4.69) is 19.2 Å². The van der Waals surface area contributed by atoms with Crippen LogP contribution in [0.5, 0.6) is 0 Å². The molecule has 0 fully saturated rings. The van der Waals surface area contributed by atoms with Crippen LogP contribution in [0.25, 0.3) is 0 Å². The molecule has 0 spiro atoms. The minimum atomic E-state index is -0.140. The summed E-state index contributed by atoms with van der Waals surface area (Å²) in [6.45, 7) is 6.08. The molecule has 0 radical (unpaired) electrons. The fraction of sp³-hybridized carbons (Fsp3) is 0.500. The van der Waals surface area contributed by atoms with Gasteiger partial charge in [-0.2, -0.15) is 0 Å². The predicted octanol–water partition coefficient (Wildman–Crippen LogP) is 3.73. The summed E-state index contributed by atoms with van der Waals surface area (Å²) < 4.78 is 13.0. The average molecular weight is 195 g/mol. The van der Waals surface area contributed by atoms with Crippen molar-refractivity contribution in [2.75, 3.05) is 5.32 Å². The highest BCUT2D eigenvalue weighted by atomic mass is 19.1. The Bertz CT molecular complexity index is 296. The second-order valence-corrected chi connectivity index (χ2v) is 3.80. The number of aryl methyl sites for hydroxylation is 1. The molecule has 78 valence electrons. The summed E-state index contributed by atoms with van der Waals surface area (Å²) in [7, 11) is 0. The highest BCUT2D eigenvalue weighted by Gasteiger charge is 2.02. The molecule has 1 rings (SSSR count). The van der Waals surface area contributed by atoms with E-state index in [1.54, 1.807) is 13.0 Å². The summed E-state index contributed by atoms with van der Waals surface area (Å²) in [5.74, 6) is -0.140. The van der Waals surface area contributed by atoms with E-state index < -0.39 is 0 Å². The third-order valence-electron chi connectivity index (χ3n) is 2.29. The lowest BCUT2D eigenvalue weighted by Gasteiger charge is -2.14. The van der Waals surface area contributed by atoms with E-state index in [1.165, 1.54) is 6.07 Å². The van der Waals surface area contributed by atoms with Gasteiger partial charge in [0.05, 0.1) is 0 Å². The predicted molar refractivity (Wildman–Crippen MR) is 59.1 cm³/mol. The van der Waals surface area contributed by atoms with Crippen molar-refractivity contribution in [2.24, 2.45) is 0 Å². The van der Waals surface area contributed by atoms with E-state index in [0.29, 0.717) is 11.6 Å². The van der Waals surface area contributed by atoms with E-state index in [4.69, 9.17) is 0 Å². The Morgan fingerprint density at radius 3 is 2.71 bits per heavy atom. The van der Waals surface area contributed by atoms with Crippen LogP contribution in [0, 0.1) is 12.7 Å². The molecule has 0 amide bonds. The van der Waals surface area contributed by atoms with Gasteiger partial charge in [0.25, 0.3) is 0 Å². The highest BCUT2D eigenvalue weighted by molar-refractivity contribution is 5.46. The molecular weight excluding hydrogens is 177 g/mol. The fourth-order valence-electron chi connectivity index (χ4n) is 1.52. The van der Waals surface area contributed by atoms with Gasteiger partial charge in [-0.05, 0) is 44.0 Å². The largest absolute Gasteiger partial charge is 0.383 e. The number of nitrogens with one attached hydrogen (secondary N) is 1. The summed E-state index contributed by atoms with van der Waals surface area (Å²) in [4.78, 5) is 0. The Kier molecular flexibility index (Phi) is 3.93. The molecule has 1 nitrogen and oxygen atoms in total. The lowest BCUT2D eigenvalue weighted by Crippen LogP contribution is -2.14. The lowest BCUT2D eigenvalue weighted by atomic mass is 10.1. The molecule has 0 aliphatic rings. The minimum Gasteiger partial charge on any atom is -0.383 e. The normalized spacial score (nSPS) is 12.6. The Balaban J connectivity index is 2.63. The second-order valence-electron chi connectivity index (χ2n) is 3.80. The monoisotopic (exact) mass is 195 g/mol. The average Bonchev–Trinajstić information content (AvgIpc) is 2.12. The Morgan fingerprint density at radius 1 is 1.43 bits per heavy atom. The topological polar surface area (TPSA) is 12.0 Å². The van der Waals surface area contributed by atoms with E-state index in [1.807, 2.05) is 6.07 Å². The maximum atomic E-state index is 13.0. The van der Waals surface area contributed by atoms with Crippen molar-refractivity contribution >= 4 is 5.69 Å². The molecule has 0 aromatic heterocycles. The van der Waals surface area contributed by atoms with Crippen LogP contribution >= 0.6 is 0 Å². The van der Waals surface area contributed by atoms with Crippen molar-refractivity contribution < 1.29 is 4.39 Å². The van der Waals surface area contributed by atoms with Gasteiger partial charge in [0, 0.05) is 11.7 Å². The molecule has 0 aliphatic carbocycles. The standard InChI is InChI=1S/C12H18FN/c1-4-5-10(3)14-11-6-7-12(13)9(2)8-11/h6-8,10,14H,4-5H2,1-3H3/t10-/m1/s1. The summed E-state index contributed by atoms with van der Waals surface area (Å²) in [6, 6.07) is 5.59. The quantitative estimate of drug-likeness (QED) is 0.771. The Hall–Kier alpha value is -1.05. The summed E-state index contributed by atoms with van der Waals surface area (Å²) in [6.07, 6.45) is 2.30. The van der Waals surface area contributed by atoms with Crippen molar-refractivity contribution in [2.45, 2.75) is 39.7 Å². The molecule has 1 aromatic carbocycles. The zero-order valence-corrected chi connectivity index (χ0v) is 9.10. The molecule has 1 aromatic rings.